The van der Waals surface area contributed by atoms with Gasteiger partial charge in [0.15, 0.2) is 5.78 Å². The van der Waals surface area contributed by atoms with Gasteiger partial charge in [-0.1, -0.05) is 12.8 Å². The second-order valence-electron chi connectivity index (χ2n) is 5.39. The summed E-state index contributed by atoms with van der Waals surface area (Å²) in [5, 5.41) is 4.58. The van der Waals surface area contributed by atoms with Crippen LogP contribution in [0.25, 0.3) is 0 Å². The normalized spacial score (nSPS) is 15.9. The van der Waals surface area contributed by atoms with Gasteiger partial charge in [0.2, 0.25) is 0 Å². The van der Waals surface area contributed by atoms with Crippen molar-refractivity contribution in [2.24, 2.45) is 0 Å². The molecule has 1 fully saturated rings. The average Bonchev–Trinajstić information content (AvgIpc) is 3.11. The summed E-state index contributed by atoms with van der Waals surface area (Å²) in [5.41, 5.74) is 2.00. The second-order valence-corrected chi connectivity index (χ2v) is 7.76. The van der Waals surface area contributed by atoms with Crippen molar-refractivity contribution in [2.45, 2.75) is 45.1 Å². The minimum Gasteiger partial charge on any atom is -0.293 e. The van der Waals surface area contributed by atoms with Crippen LogP contribution < -0.4 is 0 Å². The van der Waals surface area contributed by atoms with Gasteiger partial charge in [-0.3, -0.25) is 9.48 Å². The van der Waals surface area contributed by atoms with Crippen molar-refractivity contribution >= 4 is 33.0 Å². The van der Waals surface area contributed by atoms with Gasteiger partial charge in [-0.15, -0.1) is 11.3 Å². The van der Waals surface area contributed by atoms with E-state index < -0.39 is 0 Å². The zero-order valence-corrected chi connectivity index (χ0v) is 13.8. The third-order valence-electron chi connectivity index (χ3n) is 3.84. The van der Waals surface area contributed by atoms with Gasteiger partial charge in [-0.2, -0.15) is 5.10 Å². The maximum atomic E-state index is 12.3. The smallest absolute Gasteiger partial charge is 0.178 e. The molecule has 2 heterocycles. The van der Waals surface area contributed by atoms with Crippen LogP contribution in [0.3, 0.4) is 0 Å². The molecule has 3 rings (SSSR count). The van der Waals surface area contributed by atoms with E-state index in [1.165, 1.54) is 37.0 Å². The summed E-state index contributed by atoms with van der Waals surface area (Å²) in [6, 6.07) is 4.47. The molecule has 0 atom stereocenters. The minimum atomic E-state index is 0.153. The molecule has 0 radical (unpaired) electrons. The molecular formula is C15H17BrN2OS. The first kappa shape index (κ1) is 14.0. The lowest BCUT2D eigenvalue weighted by Gasteiger charge is -2.08. The Morgan fingerprint density at radius 1 is 1.50 bits per heavy atom. The predicted molar refractivity (Wildman–Crippen MR) is 84.5 cm³/mol. The zero-order valence-electron chi connectivity index (χ0n) is 11.4. The summed E-state index contributed by atoms with van der Waals surface area (Å²) in [5.74, 6) is 0.153. The Hall–Kier alpha value is -0.940. The van der Waals surface area contributed by atoms with Gasteiger partial charge in [-0.25, -0.2) is 0 Å². The number of carbonyl (C=O) groups is 1. The molecule has 0 unspecified atom stereocenters. The molecule has 0 bridgehead atoms. The highest BCUT2D eigenvalue weighted by Crippen LogP contribution is 2.30. The number of Topliss-reactive ketones (excluding diaryl/α,β-unsaturated/α-hetero) is 1. The molecule has 5 heteroatoms. The van der Waals surface area contributed by atoms with E-state index in [9.17, 15) is 4.79 Å². The standard InChI is InChI=1S/C15H17BrN2OS/c1-10-8-14(20-15(10)16)13(19)9-11-6-7-18(17-11)12-4-2-3-5-12/h6-8,12H,2-5,9H2,1H3. The van der Waals surface area contributed by atoms with Gasteiger partial charge in [0.1, 0.15) is 0 Å². The molecule has 20 heavy (non-hydrogen) atoms. The average molecular weight is 353 g/mol. The fourth-order valence-electron chi connectivity index (χ4n) is 2.69. The van der Waals surface area contributed by atoms with Crippen molar-refractivity contribution in [3.63, 3.8) is 0 Å². The fourth-order valence-corrected chi connectivity index (χ4v) is 4.17. The Balaban J connectivity index is 1.69. The number of thiophene rings is 1. The van der Waals surface area contributed by atoms with Crippen molar-refractivity contribution in [1.29, 1.82) is 0 Å². The van der Waals surface area contributed by atoms with Crippen molar-refractivity contribution in [2.75, 3.05) is 0 Å². The molecule has 1 aliphatic rings. The maximum absolute atomic E-state index is 12.3. The van der Waals surface area contributed by atoms with Crippen LogP contribution in [0.5, 0.6) is 0 Å². The maximum Gasteiger partial charge on any atom is 0.178 e. The number of aryl methyl sites for hydroxylation is 1. The summed E-state index contributed by atoms with van der Waals surface area (Å²) in [6.45, 7) is 2.01. The highest BCUT2D eigenvalue weighted by molar-refractivity contribution is 9.11. The van der Waals surface area contributed by atoms with Crippen molar-refractivity contribution in [1.82, 2.24) is 9.78 Å². The first-order valence-corrected chi connectivity index (χ1v) is 8.57. The molecule has 3 nitrogen and oxygen atoms in total. The van der Waals surface area contributed by atoms with Crippen LogP contribution in [-0.4, -0.2) is 15.6 Å². The Morgan fingerprint density at radius 3 is 2.90 bits per heavy atom. The van der Waals surface area contributed by atoms with Gasteiger partial charge in [0.05, 0.1) is 26.8 Å². The molecule has 0 spiro atoms. The third kappa shape index (κ3) is 2.88. The lowest BCUT2D eigenvalue weighted by atomic mass is 10.2. The van der Waals surface area contributed by atoms with Gasteiger partial charge < -0.3 is 0 Å². The summed E-state index contributed by atoms with van der Waals surface area (Å²) in [4.78, 5) is 13.1. The quantitative estimate of drug-likeness (QED) is 0.756. The van der Waals surface area contributed by atoms with Crippen LogP contribution in [0.4, 0.5) is 0 Å². The molecule has 0 aliphatic heterocycles. The molecule has 0 N–H and O–H groups in total. The molecule has 1 aliphatic carbocycles. The Labute approximate surface area is 131 Å². The van der Waals surface area contributed by atoms with Gasteiger partial charge >= 0.3 is 0 Å². The molecule has 1 saturated carbocycles. The van der Waals surface area contributed by atoms with Crippen LogP contribution in [0.15, 0.2) is 22.1 Å². The van der Waals surface area contributed by atoms with Gasteiger partial charge in [-0.05, 0) is 53.4 Å². The first-order valence-electron chi connectivity index (χ1n) is 6.96. The summed E-state index contributed by atoms with van der Waals surface area (Å²) in [6.07, 6.45) is 7.43. The number of ketones is 1. The highest BCUT2D eigenvalue weighted by atomic mass is 79.9. The Bertz CT molecular complexity index is 606. The molecule has 106 valence electrons. The Morgan fingerprint density at radius 2 is 2.25 bits per heavy atom. The van der Waals surface area contributed by atoms with E-state index in [0.29, 0.717) is 12.5 Å². The molecule has 2 aromatic heterocycles. The van der Waals surface area contributed by atoms with E-state index in [0.717, 1.165) is 19.9 Å². The van der Waals surface area contributed by atoms with Crippen molar-refractivity contribution < 1.29 is 4.79 Å². The largest absolute Gasteiger partial charge is 0.293 e. The van der Waals surface area contributed by atoms with E-state index in [-0.39, 0.29) is 5.78 Å². The summed E-state index contributed by atoms with van der Waals surface area (Å²) < 4.78 is 3.09. The van der Waals surface area contributed by atoms with Crippen molar-refractivity contribution in [3.05, 3.63) is 38.3 Å². The first-order chi connectivity index (χ1) is 9.63. The Kier molecular flexibility index (Phi) is 4.08. The number of carbonyl (C=O) groups excluding carboxylic acids is 1. The SMILES string of the molecule is Cc1cc(C(=O)Cc2ccn(C3CCCC3)n2)sc1Br. The monoisotopic (exact) mass is 352 g/mol. The van der Waals surface area contributed by atoms with E-state index in [4.69, 9.17) is 0 Å². The molecule has 0 saturated heterocycles. The van der Waals surface area contributed by atoms with Crippen LogP contribution >= 0.6 is 27.3 Å². The number of hydrogen-bond donors (Lipinski definition) is 0. The number of nitrogens with zero attached hydrogens (tertiary/aromatic N) is 2. The van der Waals surface area contributed by atoms with E-state index in [2.05, 4.69) is 21.0 Å². The lowest BCUT2D eigenvalue weighted by molar-refractivity contribution is 0.0995. The van der Waals surface area contributed by atoms with Crippen LogP contribution in [0.1, 0.15) is 52.7 Å². The number of rotatable bonds is 4. The van der Waals surface area contributed by atoms with E-state index in [1.54, 1.807) is 0 Å². The number of hydrogen-bond acceptors (Lipinski definition) is 3. The second kappa shape index (κ2) is 5.82. The van der Waals surface area contributed by atoms with Gasteiger partial charge in [0.25, 0.3) is 0 Å². The van der Waals surface area contributed by atoms with Crippen molar-refractivity contribution in [3.8, 4) is 0 Å². The summed E-state index contributed by atoms with van der Waals surface area (Å²) in [7, 11) is 0. The van der Waals surface area contributed by atoms with E-state index in [1.807, 2.05) is 29.9 Å². The van der Waals surface area contributed by atoms with Crippen LogP contribution in [0, 0.1) is 6.92 Å². The third-order valence-corrected chi connectivity index (χ3v) is 6.01. The predicted octanol–water partition coefficient (Wildman–Crippen LogP) is 4.56. The zero-order chi connectivity index (χ0) is 14.1. The topological polar surface area (TPSA) is 34.9 Å². The van der Waals surface area contributed by atoms with E-state index >= 15 is 0 Å². The summed E-state index contributed by atoms with van der Waals surface area (Å²) >= 11 is 4.97. The molecule has 2 aromatic rings. The highest BCUT2D eigenvalue weighted by Gasteiger charge is 2.19. The minimum absolute atomic E-state index is 0.153. The number of halogens is 1. The molecule has 0 amide bonds. The lowest BCUT2D eigenvalue weighted by Crippen LogP contribution is -2.07. The van der Waals surface area contributed by atoms with Crippen LogP contribution in [-0.2, 0) is 6.42 Å². The van der Waals surface area contributed by atoms with Gasteiger partial charge in [0, 0.05) is 6.20 Å². The fraction of sp³-hybridized carbons (Fsp3) is 0.467. The number of aromatic nitrogens is 2. The molecular weight excluding hydrogens is 336 g/mol. The van der Waals surface area contributed by atoms with Crippen LogP contribution in [0.2, 0.25) is 0 Å². The molecule has 0 aromatic carbocycles.